The van der Waals surface area contributed by atoms with Crippen LogP contribution in [0.5, 0.6) is 0 Å². The van der Waals surface area contributed by atoms with Gasteiger partial charge in [-0.15, -0.1) is 11.3 Å². The van der Waals surface area contributed by atoms with Gasteiger partial charge in [0.15, 0.2) is 0 Å². The Bertz CT molecular complexity index is 750. The molecule has 0 atom stereocenters. The first-order chi connectivity index (χ1) is 11.0. The Kier molecular flexibility index (Phi) is 4.17. The number of amides is 1. The average molecular weight is 330 g/mol. The monoisotopic (exact) mass is 330 g/mol. The Morgan fingerprint density at radius 2 is 2.17 bits per heavy atom. The summed E-state index contributed by atoms with van der Waals surface area (Å²) in [5.74, 6) is -1.10. The van der Waals surface area contributed by atoms with E-state index in [1.54, 1.807) is 12.1 Å². The normalized spacial score (nSPS) is 15.7. The van der Waals surface area contributed by atoms with E-state index in [0.717, 1.165) is 35.5 Å². The SMILES string of the molecule is Cc1csc(-c2cccc(C(=O)NC3(CC(=O)O)CCC3)c2)n1. The lowest BCUT2D eigenvalue weighted by Crippen LogP contribution is -2.54. The van der Waals surface area contributed by atoms with Crippen LogP contribution in [-0.4, -0.2) is 27.5 Å². The lowest BCUT2D eigenvalue weighted by atomic mass is 9.74. The molecule has 0 radical (unpaired) electrons. The van der Waals surface area contributed by atoms with Gasteiger partial charge in [0.2, 0.25) is 0 Å². The van der Waals surface area contributed by atoms with E-state index in [4.69, 9.17) is 5.11 Å². The quantitative estimate of drug-likeness (QED) is 0.882. The third kappa shape index (κ3) is 3.42. The number of aliphatic carboxylic acids is 1. The molecule has 0 spiro atoms. The number of carboxylic acid groups (broad SMARTS) is 1. The van der Waals surface area contributed by atoms with Gasteiger partial charge in [0, 0.05) is 22.2 Å². The second kappa shape index (κ2) is 6.12. The predicted molar refractivity (Wildman–Crippen MR) is 88.6 cm³/mol. The van der Waals surface area contributed by atoms with Crippen LogP contribution in [0.2, 0.25) is 0 Å². The summed E-state index contributed by atoms with van der Waals surface area (Å²) >= 11 is 1.54. The van der Waals surface area contributed by atoms with Crippen molar-refractivity contribution in [2.45, 2.75) is 38.1 Å². The van der Waals surface area contributed by atoms with Crippen LogP contribution in [0.25, 0.3) is 10.6 Å². The van der Waals surface area contributed by atoms with E-state index in [1.807, 2.05) is 24.4 Å². The van der Waals surface area contributed by atoms with E-state index in [1.165, 1.54) is 11.3 Å². The minimum Gasteiger partial charge on any atom is -0.481 e. The number of carbonyl (C=O) groups excluding carboxylic acids is 1. The third-order valence-electron chi connectivity index (χ3n) is 4.17. The number of rotatable bonds is 5. The molecule has 2 aromatic rings. The van der Waals surface area contributed by atoms with E-state index in [-0.39, 0.29) is 12.3 Å². The van der Waals surface area contributed by atoms with E-state index >= 15 is 0 Å². The Hall–Kier alpha value is -2.21. The highest BCUT2D eigenvalue weighted by Crippen LogP contribution is 2.35. The summed E-state index contributed by atoms with van der Waals surface area (Å²) in [5.41, 5.74) is 1.80. The molecular formula is C17H18N2O3S. The highest BCUT2D eigenvalue weighted by Gasteiger charge is 2.40. The molecule has 1 amide bonds. The molecule has 1 heterocycles. The minimum atomic E-state index is -0.878. The molecule has 1 saturated carbocycles. The van der Waals surface area contributed by atoms with Crippen molar-refractivity contribution in [3.05, 3.63) is 40.9 Å². The maximum atomic E-state index is 12.5. The summed E-state index contributed by atoms with van der Waals surface area (Å²) < 4.78 is 0. The number of carbonyl (C=O) groups is 2. The second-order valence-electron chi connectivity index (χ2n) is 6.03. The second-order valence-corrected chi connectivity index (χ2v) is 6.89. The van der Waals surface area contributed by atoms with Gasteiger partial charge in [0.05, 0.1) is 12.0 Å². The molecule has 2 N–H and O–H groups in total. The lowest BCUT2D eigenvalue weighted by molar-refractivity contribution is -0.139. The fourth-order valence-electron chi connectivity index (χ4n) is 2.83. The van der Waals surface area contributed by atoms with Gasteiger partial charge in [-0.3, -0.25) is 9.59 Å². The van der Waals surface area contributed by atoms with Crippen LogP contribution >= 0.6 is 11.3 Å². The Morgan fingerprint density at radius 3 is 2.74 bits per heavy atom. The summed E-state index contributed by atoms with van der Waals surface area (Å²) in [7, 11) is 0. The Labute approximate surface area is 138 Å². The lowest BCUT2D eigenvalue weighted by Gasteiger charge is -2.41. The molecule has 23 heavy (non-hydrogen) atoms. The zero-order chi connectivity index (χ0) is 16.4. The smallest absolute Gasteiger partial charge is 0.305 e. The van der Waals surface area contributed by atoms with Gasteiger partial charge in [-0.25, -0.2) is 4.98 Å². The number of carboxylic acids is 1. The Balaban J connectivity index is 1.79. The van der Waals surface area contributed by atoms with Gasteiger partial charge in [-0.2, -0.15) is 0 Å². The first-order valence-corrected chi connectivity index (χ1v) is 8.42. The van der Waals surface area contributed by atoms with Gasteiger partial charge >= 0.3 is 5.97 Å². The van der Waals surface area contributed by atoms with Crippen LogP contribution < -0.4 is 5.32 Å². The largest absolute Gasteiger partial charge is 0.481 e. The van der Waals surface area contributed by atoms with Crippen molar-refractivity contribution in [3.8, 4) is 10.6 Å². The van der Waals surface area contributed by atoms with Gasteiger partial charge < -0.3 is 10.4 Å². The number of nitrogens with one attached hydrogen (secondary N) is 1. The van der Waals surface area contributed by atoms with Crippen molar-refractivity contribution >= 4 is 23.2 Å². The van der Waals surface area contributed by atoms with Crippen molar-refractivity contribution in [3.63, 3.8) is 0 Å². The maximum absolute atomic E-state index is 12.5. The molecule has 5 nitrogen and oxygen atoms in total. The van der Waals surface area contributed by atoms with Crippen LogP contribution in [0.1, 0.15) is 41.7 Å². The fourth-order valence-corrected chi connectivity index (χ4v) is 3.63. The standard InChI is InChI=1S/C17H18N2O3S/c1-11-10-23-16(18-11)13-5-2-4-12(8-13)15(22)19-17(6-3-7-17)9-14(20)21/h2,4-5,8,10H,3,6-7,9H2,1H3,(H,19,22)(H,20,21). The average Bonchev–Trinajstić information content (AvgIpc) is 2.91. The maximum Gasteiger partial charge on any atom is 0.305 e. The third-order valence-corrected chi connectivity index (χ3v) is 5.18. The van der Waals surface area contributed by atoms with Gasteiger partial charge in [0.25, 0.3) is 5.91 Å². The van der Waals surface area contributed by atoms with E-state index in [0.29, 0.717) is 5.56 Å². The van der Waals surface area contributed by atoms with Crippen LogP contribution in [0.15, 0.2) is 29.6 Å². The summed E-state index contributed by atoms with van der Waals surface area (Å²) in [5, 5.41) is 14.8. The van der Waals surface area contributed by atoms with E-state index in [2.05, 4.69) is 10.3 Å². The van der Waals surface area contributed by atoms with E-state index in [9.17, 15) is 9.59 Å². The molecule has 1 aromatic heterocycles. The Morgan fingerprint density at radius 1 is 1.39 bits per heavy atom. The molecule has 0 bridgehead atoms. The van der Waals surface area contributed by atoms with Gasteiger partial charge in [-0.1, -0.05) is 12.1 Å². The molecule has 120 valence electrons. The zero-order valence-electron chi connectivity index (χ0n) is 12.8. The molecule has 1 aliphatic rings. The summed E-state index contributed by atoms with van der Waals surface area (Å²) in [6, 6.07) is 7.30. The highest BCUT2D eigenvalue weighted by atomic mass is 32.1. The molecule has 0 aliphatic heterocycles. The van der Waals surface area contributed by atoms with Crippen molar-refractivity contribution in [2.75, 3.05) is 0 Å². The first-order valence-electron chi connectivity index (χ1n) is 7.54. The van der Waals surface area contributed by atoms with Gasteiger partial charge in [0.1, 0.15) is 5.01 Å². The number of nitrogens with zero attached hydrogens (tertiary/aromatic N) is 1. The van der Waals surface area contributed by atoms with E-state index < -0.39 is 11.5 Å². The zero-order valence-corrected chi connectivity index (χ0v) is 13.7. The van der Waals surface area contributed by atoms with Crippen molar-refractivity contribution in [1.82, 2.24) is 10.3 Å². The number of aryl methyl sites for hydroxylation is 1. The van der Waals surface area contributed by atoms with Crippen LogP contribution in [0.4, 0.5) is 0 Å². The molecule has 1 aromatic carbocycles. The first kappa shape index (κ1) is 15.7. The number of aromatic nitrogens is 1. The molecule has 1 aliphatic carbocycles. The van der Waals surface area contributed by atoms with Crippen LogP contribution in [-0.2, 0) is 4.79 Å². The van der Waals surface area contributed by atoms with Crippen molar-refractivity contribution in [1.29, 1.82) is 0 Å². The van der Waals surface area contributed by atoms with Crippen LogP contribution in [0, 0.1) is 6.92 Å². The number of hydrogen-bond donors (Lipinski definition) is 2. The minimum absolute atomic E-state index is 0.0237. The topological polar surface area (TPSA) is 79.3 Å². The van der Waals surface area contributed by atoms with Crippen molar-refractivity contribution < 1.29 is 14.7 Å². The molecule has 6 heteroatoms. The fraction of sp³-hybridized carbons (Fsp3) is 0.353. The molecule has 0 saturated heterocycles. The van der Waals surface area contributed by atoms with Gasteiger partial charge in [-0.05, 0) is 38.3 Å². The molecule has 0 unspecified atom stereocenters. The summed E-state index contributed by atoms with van der Waals surface area (Å²) in [6.45, 7) is 1.93. The molecule has 3 rings (SSSR count). The molecule has 1 fully saturated rings. The van der Waals surface area contributed by atoms with Crippen LogP contribution in [0.3, 0.4) is 0 Å². The molecular weight excluding hydrogens is 312 g/mol. The van der Waals surface area contributed by atoms with Crippen molar-refractivity contribution in [2.24, 2.45) is 0 Å². The summed E-state index contributed by atoms with van der Waals surface area (Å²) in [4.78, 5) is 27.9. The summed E-state index contributed by atoms with van der Waals surface area (Å²) in [6.07, 6.45) is 2.36. The number of benzene rings is 1. The number of thiazole rings is 1. The highest BCUT2D eigenvalue weighted by molar-refractivity contribution is 7.13. The number of hydrogen-bond acceptors (Lipinski definition) is 4. The predicted octanol–water partition coefficient (Wildman–Crippen LogP) is 3.25.